The molecule has 3 unspecified atom stereocenters. The van der Waals surface area contributed by atoms with Crippen molar-refractivity contribution in [1.29, 1.82) is 0 Å². The highest BCUT2D eigenvalue weighted by atomic mass is 16.5. The average Bonchev–Trinajstić information content (AvgIpc) is 2.33. The summed E-state index contributed by atoms with van der Waals surface area (Å²) in [4.78, 5) is 12.0. The number of carbonyl (C=O) groups excluding carboxylic acids is 1. The van der Waals surface area contributed by atoms with Crippen LogP contribution in [0.25, 0.3) is 0 Å². The molecule has 0 spiro atoms. The average molecular weight is 226 g/mol. The molecule has 0 radical (unpaired) electrons. The highest BCUT2D eigenvalue weighted by Gasteiger charge is 2.27. The van der Waals surface area contributed by atoms with Gasteiger partial charge in [-0.05, 0) is 31.7 Å². The molecule has 2 N–H and O–H groups in total. The highest BCUT2D eigenvalue weighted by molar-refractivity contribution is 5.79. The minimum Gasteiger partial charge on any atom is -0.381 e. The van der Waals surface area contributed by atoms with Crippen molar-refractivity contribution in [1.82, 2.24) is 10.6 Å². The van der Waals surface area contributed by atoms with Crippen LogP contribution >= 0.6 is 0 Å². The van der Waals surface area contributed by atoms with Crippen LogP contribution in [0.4, 0.5) is 0 Å². The van der Waals surface area contributed by atoms with Crippen molar-refractivity contribution < 1.29 is 9.53 Å². The molecule has 4 heteroatoms. The predicted octanol–water partition coefficient (Wildman–Crippen LogP) is 0.527. The minimum atomic E-state index is 0.0721. The number of hydrogen-bond acceptors (Lipinski definition) is 3. The number of nitrogens with one attached hydrogen (secondary N) is 2. The quantitative estimate of drug-likeness (QED) is 0.722. The van der Waals surface area contributed by atoms with Crippen molar-refractivity contribution in [3.63, 3.8) is 0 Å². The number of hydrogen-bond donors (Lipinski definition) is 2. The van der Waals surface area contributed by atoms with Crippen LogP contribution < -0.4 is 10.6 Å². The summed E-state index contributed by atoms with van der Waals surface area (Å²) in [6.07, 6.45) is 3.13. The van der Waals surface area contributed by atoms with E-state index in [4.69, 9.17) is 4.74 Å². The van der Waals surface area contributed by atoms with Gasteiger partial charge in [-0.15, -0.1) is 0 Å². The molecule has 2 saturated heterocycles. The monoisotopic (exact) mass is 226 g/mol. The largest absolute Gasteiger partial charge is 0.381 e. The first-order chi connectivity index (χ1) is 7.77. The Morgan fingerprint density at radius 1 is 1.44 bits per heavy atom. The SMILES string of the molecule is CC1CCNCC1NC(=O)C1CCCOC1. The van der Waals surface area contributed by atoms with Crippen LogP contribution in [0.2, 0.25) is 0 Å². The molecule has 0 aromatic carbocycles. The summed E-state index contributed by atoms with van der Waals surface area (Å²) in [6, 6.07) is 0.295. The standard InChI is InChI=1S/C12H22N2O2/c1-9-4-5-13-7-11(9)14-12(15)10-3-2-6-16-8-10/h9-11,13H,2-8H2,1H3,(H,14,15). The fourth-order valence-electron chi connectivity index (χ4n) is 2.43. The van der Waals surface area contributed by atoms with Crippen molar-refractivity contribution in [2.24, 2.45) is 11.8 Å². The number of rotatable bonds is 2. The van der Waals surface area contributed by atoms with Gasteiger partial charge >= 0.3 is 0 Å². The molecule has 2 heterocycles. The Kier molecular flexibility index (Phi) is 4.18. The normalized spacial score (nSPS) is 35.7. The summed E-state index contributed by atoms with van der Waals surface area (Å²) < 4.78 is 5.34. The zero-order valence-electron chi connectivity index (χ0n) is 10.00. The second-order valence-corrected chi connectivity index (χ2v) is 5.00. The Morgan fingerprint density at radius 2 is 2.31 bits per heavy atom. The van der Waals surface area contributed by atoms with Gasteiger partial charge in [-0.2, -0.15) is 0 Å². The van der Waals surface area contributed by atoms with Gasteiger partial charge in [0, 0.05) is 19.2 Å². The van der Waals surface area contributed by atoms with Crippen LogP contribution in [-0.4, -0.2) is 38.3 Å². The molecule has 0 aromatic rings. The number of amides is 1. The molecule has 16 heavy (non-hydrogen) atoms. The Hall–Kier alpha value is -0.610. The third-order valence-electron chi connectivity index (χ3n) is 3.69. The molecule has 4 nitrogen and oxygen atoms in total. The summed E-state index contributed by atoms with van der Waals surface area (Å²) >= 11 is 0. The van der Waals surface area contributed by atoms with E-state index >= 15 is 0 Å². The van der Waals surface area contributed by atoms with Gasteiger partial charge in [0.1, 0.15) is 0 Å². The lowest BCUT2D eigenvalue weighted by molar-refractivity contribution is -0.130. The fraction of sp³-hybridized carbons (Fsp3) is 0.917. The zero-order valence-corrected chi connectivity index (χ0v) is 10.00. The first kappa shape index (κ1) is 11.9. The minimum absolute atomic E-state index is 0.0721. The Labute approximate surface area is 97.1 Å². The van der Waals surface area contributed by atoms with Crippen molar-refractivity contribution in [3.8, 4) is 0 Å². The molecule has 2 rings (SSSR count). The van der Waals surface area contributed by atoms with Crippen molar-refractivity contribution >= 4 is 5.91 Å². The zero-order chi connectivity index (χ0) is 11.4. The molecular formula is C12H22N2O2. The first-order valence-electron chi connectivity index (χ1n) is 6.36. The number of carbonyl (C=O) groups is 1. The van der Waals surface area contributed by atoms with Crippen LogP contribution in [0.15, 0.2) is 0 Å². The van der Waals surface area contributed by atoms with Gasteiger partial charge in [0.05, 0.1) is 12.5 Å². The van der Waals surface area contributed by atoms with E-state index in [1.165, 1.54) is 0 Å². The molecule has 2 aliphatic rings. The van der Waals surface area contributed by atoms with Crippen LogP contribution in [0.3, 0.4) is 0 Å². The third-order valence-corrected chi connectivity index (χ3v) is 3.69. The number of piperidine rings is 1. The Balaban J connectivity index is 1.80. The molecule has 0 aliphatic carbocycles. The van der Waals surface area contributed by atoms with Crippen molar-refractivity contribution in [2.75, 3.05) is 26.3 Å². The van der Waals surface area contributed by atoms with Crippen LogP contribution in [-0.2, 0) is 9.53 Å². The van der Waals surface area contributed by atoms with E-state index in [2.05, 4.69) is 17.6 Å². The van der Waals surface area contributed by atoms with E-state index in [0.29, 0.717) is 18.6 Å². The van der Waals surface area contributed by atoms with Crippen LogP contribution in [0.5, 0.6) is 0 Å². The van der Waals surface area contributed by atoms with Gasteiger partial charge in [0.2, 0.25) is 5.91 Å². The van der Waals surface area contributed by atoms with Gasteiger partial charge in [0.25, 0.3) is 0 Å². The molecule has 0 bridgehead atoms. The molecule has 0 aromatic heterocycles. The Morgan fingerprint density at radius 3 is 3.00 bits per heavy atom. The molecule has 92 valence electrons. The summed E-state index contributed by atoms with van der Waals surface area (Å²) in [5, 5.41) is 6.48. The summed E-state index contributed by atoms with van der Waals surface area (Å²) in [5.41, 5.74) is 0. The summed E-state index contributed by atoms with van der Waals surface area (Å²) in [6.45, 7) is 5.59. The van der Waals surface area contributed by atoms with Crippen molar-refractivity contribution in [2.45, 2.75) is 32.2 Å². The van der Waals surface area contributed by atoms with E-state index in [-0.39, 0.29) is 11.8 Å². The molecule has 2 fully saturated rings. The second-order valence-electron chi connectivity index (χ2n) is 5.00. The highest BCUT2D eigenvalue weighted by Crippen LogP contribution is 2.16. The van der Waals surface area contributed by atoms with Crippen LogP contribution in [0, 0.1) is 11.8 Å². The lowest BCUT2D eigenvalue weighted by Crippen LogP contribution is -2.52. The smallest absolute Gasteiger partial charge is 0.225 e. The maximum Gasteiger partial charge on any atom is 0.225 e. The first-order valence-corrected chi connectivity index (χ1v) is 6.36. The van der Waals surface area contributed by atoms with Crippen molar-refractivity contribution in [3.05, 3.63) is 0 Å². The fourth-order valence-corrected chi connectivity index (χ4v) is 2.43. The van der Waals surface area contributed by atoms with E-state index in [1.807, 2.05) is 0 Å². The molecule has 2 aliphatic heterocycles. The van der Waals surface area contributed by atoms with Gasteiger partial charge in [0.15, 0.2) is 0 Å². The second kappa shape index (κ2) is 5.64. The lowest BCUT2D eigenvalue weighted by Gasteiger charge is -2.32. The lowest BCUT2D eigenvalue weighted by atomic mass is 9.93. The summed E-state index contributed by atoms with van der Waals surface area (Å²) in [7, 11) is 0. The maximum absolute atomic E-state index is 12.0. The van der Waals surface area contributed by atoms with Gasteiger partial charge in [-0.3, -0.25) is 4.79 Å². The van der Waals surface area contributed by atoms with Crippen LogP contribution in [0.1, 0.15) is 26.2 Å². The molecule has 3 atom stereocenters. The Bertz CT molecular complexity index is 239. The number of ether oxygens (including phenoxy) is 1. The predicted molar refractivity (Wildman–Crippen MR) is 62.1 cm³/mol. The third kappa shape index (κ3) is 2.95. The van der Waals surface area contributed by atoms with Gasteiger partial charge in [-0.25, -0.2) is 0 Å². The van der Waals surface area contributed by atoms with Gasteiger partial charge in [-0.1, -0.05) is 6.92 Å². The topological polar surface area (TPSA) is 50.4 Å². The maximum atomic E-state index is 12.0. The molecule has 1 amide bonds. The van der Waals surface area contributed by atoms with E-state index in [9.17, 15) is 4.79 Å². The van der Waals surface area contributed by atoms with E-state index in [0.717, 1.165) is 39.0 Å². The van der Waals surface area contributed by atoms with E-state index in [1.54, 1.807) is 0 Å². The molecular weight excluding hydrogens is 204 g/mol. The molecule has 0 saturated carbocycles. The van der Waals surface area contributed by atoms with E-state index < -0.39 is 0 Å². The summed E-state index contributed by atoms with van der Waals surface area (Å²) in [5.74, 6) is 0.831. The van der Waals surface area contributed by atoms with Gasteiger partial charge < -0.3 is 15.4 Å².